The van der Waals surface area contributed by atoms with E-state index in [2.05, 4.69) is 5.32 Å². The second-order valence-corrected chi connectivity index (χ2v) is 5.39. The number of fused-ring (bicyclic) bond motifs is 1. The summed E-state index contributed by atoms with van der Waals surface area (Å²) in [6.07, 6.45) is 2.48. The van der Waals surface area contributed by atoms with Gasteiger partial charge in [-0.1, -0.05) is 6.07 Å². The van der Waals surface area contributed by atoms with Crippen molar-refractivity contribution >= 4 is 27.3 Å². The first kappa shape index (κ1) is 14.0. The molecular weight excluding hydrogens is 265 g/mol. The van der Waals surface area contributed by atoms with E-state index in [1.54, 1.807) is 18.2 Å². The van der Waals surface area contributed by atoms with Crippen molar-refractivity contribution in [2.75, 3.05) is 13.2 Å². The van der Waals surface area contributed by atoms with Crippen LogP contribution in [0, 0.1) is 5.82 Å². The summed E-state index contributed by atoms with van der Waals surface area (Å²) in [6, 6.07) is 6.44. The highest BCUT2D eigenvalue weighted by Crippen LogP contribution is 2.27. The zero-order valence-corrected chi connectivity index (χ0v) is 11.3. The highest BCUT2D eigenvalue weighted by atomic mass is 32.1. The summed E-state index contributed by atoms with van der Waals surface area (Å²) >= 11 is 1.30. The van der Waals surface area contributed by atoms with Crippen LogP contribution in [-0.2, 0) is 0 Å². The Hall–Kier alpha value is -1.46. The van der Waals surface area contributed by atoms with Crippen molar-refractivity contribution in [1.29, 1.82) is 0 Å². The summed E-state index contributed by atoms with van der Waals surface area (Å²) in [5.74, 6) is -0.458. The third-order valence-corrected chi connectivity index (χ3v) is 3.95. The molecule has 2 aromatic rings. The van der Waals surface area contributed by atoms with Crippen molar-refractivity contribution in [1.82, 2.24) is 5.32 Å². The molecular formula is C14H16FNO2S. The molecule has 3 nitrogen and oxygen atoms in total. The molecule has 102 valence electrons. The van der Waals surface area contributed by atoms with Crippen LogP contribution in [0.3, 0.4) is 0 Å². The van der Waals surface area contributed by atoms with Gasteiger partial charge in [0.1, 0.15) is 5.82 Å². The topological polar surface area (TPSA) is 49.3 Å². The third kappa shape index (κ3) is 3.52. The Kier molecular flexibility index (Phi) is 4.87. The van der Waals surface area contributed by atoms with Gasteiger partial charge < -0.3 is 10.4 Å². The molecule has 1 aromatic heterocycles. The molecule has 0 aliphatic rings. The number of benzene rings is 1. The fourth-order valence-electron chi connectivity index (χ4n) is 1.84. The molecule has 0 fully saturated rings. The van der Waals surface area contributed by atoms with Gasteiger partial charge in [-0.15, -0.1) is 11.3 Å². The molecule has 0 aliphatic heterocycles. The molecule has 1 heterocycles. The first-order valence-electron chi connectivity index (χ1n) is 6.29. The molecule has 0 atom stereocenters. The van der Waals surface area contributed by atoms with Crippen molar-refractivity contribution < 1.29 is 14.3 Å². The largest absolute Gasteiger partial charge is 0.396 e. The summed E-state index contributed by atoms with van der Waals surface area (Å²) in [7, 11) is 0. The third-order valence-electron chi connectivity index (χ3n) is 2.85. The number of carbonyl (C=O) groups is 1. The van der Waals surface area contributed by atoms with Gasteiger partial charge in [0.25, 0.3) is 5.91 Å². The number of hydrogen-bond acceptors (Lipinski definition) is 3. The predicted molar refractivity (Wildman–Crippen MR) is 75.1 cm³/mol. The number of amides is 1. The van der Waals surface area contributed by atoms with Crippen molar-refractivity contribution in [2.24, 2.45) is 0 Å². The minimum absolute atomic E-state index is 0.162. The SMILES string of the molecule is O=C(NCCCCCO)c1cc2c(F)cccc2s1. The van der Waals surface area contributed by atoms with E-state index in [4.69, 9.17) is 5.11 Å². The Morgan fingerprint density at radius 2 is 2.16 bits per heavy atom. The first-order chi connectivity index (χ1) is 9.22. The summed E-state index contributed by atoms with van der Waals surface area (Å²) < 4.78 is 14.3. The Bertz CT molecular complexity index is 568. The average Bonchev–Trinajstić information content (AvgIpc) is 2.84. The van der Waals surface area contributed by atoms with Crippen LogP contribution in [0.15, 0.2) is 24.3 Å². The van der Waals surface area contributed by atoms with Crippen LogP contribution < -0.4 is 5.32 Å². The van der Waals surface area contributed by atoms with Gasteiger partial charge in [-0.3, -0.25) is 4.79 Å². The van der Waals surface area contributed by atoms with Crippen LogP contribution in [0.25, 0.3) is 10.1 Å². The molecule has 2 N–H and O–H groups in total. The standard InChI is InChI=1S/C14H16FNO2S/c15-11-5-4-6-12-10(11)9-13(19-12)14(18)16-7-2-1-3-8-17/h4-6,9,17H,1-3,7-8H2,(H,16,18). The van der Waals surface area contributed by atoms with Gasteiger partial charge in [0, 0.05) is 23.2 Å². The lowest BCUT2D eigenvalue weighted by Gasteiger charge is -2.02. The lowest BCUT2D eigenvalue weighted by Crippen LogP contribution is -2.23. The van der Waals surface area contributed by atoms with Crippen LogP contribution >= 0.6 is 11.3 Å². The van der Waals surface area contributed by atoms with Crippen LogP contribution in [0.1, 0.15) is 28.9 Å². The van der Waals surface area contributed by atoms with E-state index in [1.165, 1.54) is 17.4 Å². The van der Waals surface area contributed by atoms with E-state index < -0.39 is 0 Å². The molecule has 0 saturated carbocycles. The van der Waals surface area contributed by atoms with E-state index in [-0.39, 0.29) is 18.3 Å². The van der Waals surface area contributed by atoms with Gasteiger partial charge in [-0.05, 0) is 37.5 Å². The van der Waals surface area contributed by atoms with E-state index in [0.717, 1.165) is 24.0 Å². The number of carbonyl (C=O) groups excluding carboxylic acids is 1. The lowest BCUT2D eigenvalue weighted by molar-refractivity contribution is 0.0957. The molecule has 2 rings (SSSR count). The summed E-state index contributed by atoms with van der Waals surface area (Å²) in [4.78, 5) is 12.4. The van der Waals surface area contributed by atoms with Crippen molar-refractivity contribution in [3.63, 3.8) is 0 Å². The van der Waals surface area contributed by atoms with Gasteiger partial charge in [0.05, 0.1) is 4.88 Å². The van der Waals surface area contributed by atoms with Crippen LogP contribution in [0.5, 0.6) is 0 Å². The van der Waals surface area contributed by atoms with Crippen molar-refractivity contribution in [3.05, 3.63) is 35.0 Å². The number of aliphatic hydroxyl groups is 1. The maximum Gasteiger partial charge on any atom is 0.261 e. The average molecular weight is 281 g/mol. The minimum atomic E-state index is -0.296. The highest BCUT2D eigenvalue weighted by Gasteiger charge is 2.11. The summed E-state index contributed by atoms with van der Waals surface area (Å²) in [5.41, 5.74) is 0. The quantitative estimate of drug-likeness (QED) is 0.800. The molecule has 1 aromatic carbocycles. The summed E-state index contributed by atoms with van der Waals surface area (Å²) in [6.45, 7) is 0.763. The number of hydrogen-bond donors (Lipinski definition) is 2. The molecule has 0 radical (unpaired) electrons. The molecule has 0 spiro atoms. The van der Waals surface area contributed by atoms with E-state index in [9.17, 15) is 9.18 Å². The molecule has 0 bridgehead atoms. The monoisotopic (exact) mass is 281 g/mol. The molecule has 19 heavy (non-hydrogen) atoms. The lowest BCUT2D eigenvalue weighted by atomic mass is 10.2. The molecule has 1 amide bonds. The van der Waals surface area contributed by atoms with Gasteiger partial charge in [0.2, 0.25) is 0 Å². The van der Waals surface area contributed by atoms with Crippen molar-refractivity contribution in [2.45, 2.75) is 19.3 Å². The predicted octanol–water partition coefficient (Wildman–Crippen LogP) is 2.93. The Morgan fingerprint density at radius 3 is 2.89 bits per heavy atom. The highest BCUT2D eigenvalue weighted by molar-refractivity contribution is 7.20. The number of unbranched alkanes of at least 4 members (excludes halogenated alkanes) is 2. The van der Waals surface area contributed by atoms with E-state index in [0.29, 0.717) is 16.8 Å². The van der Waals surface area contributed by atoms with Crippen LogP contribution in [0.2, 0.25) is 0 Å². The Labute approximate surface area is 115 Å². The van der Waals surface area contributed by atoms with Gasteiger partial charge in [-0.25, -0.2) is 4.39 Å². The second-order valence-electron chi connectivity index (χ2n) is 4.30. The van der Waals surface area contributed by atoms with Crippen LogP contribution in [0.4, 0.5) is 4.39 Å². The number of nitrogens with one attached hydrogen (secondary N) is 1. The van der Waals surface area contributed by atoms with Crippen LogP contribution in [-0.4, -0.2) is 24.2 Å². The normalized spacial score (nSPS) is 10.8. The van der Waals surface area contributed by atoms with E-state index >= 15 is 0 Å². The Morgan fingerprint density at radius 1 is 1.32 bits per heavy atom. The van der Waals surface area contributed by atoms with Crippen molar-refractivity contribution in [3.8, 4) is 0 Å². The number of rotatable bonds is 6. The van der Waals surface area contributed by atoms with E-state index in [1.807, 2.05) is 0 Å². The zero-order valence-electron chi connectivity index (χ0n) is 10.5. The first-order valence-corrected chi connectivity index (χ1v) is 7.11. The van der Waals surface area contributed by atoms with Gasteiger partial charge >= 0.3 is 0 Å². The number of aliphatic hydroxyl groups excluding tert-OH is 1. The fraction of sp³-hybridized carbons (Fsp3) is 0.357. The maximum absolute atomic E-state index is 13.5. The molecule has 0 aliphatic carbocycles. The minimum Gasteiger partial charge on any atom is -0.396 e. The van der Waals surface area contributed by atoms with Gasteiger partial charge in [0.15, 0.2) is 0 Å². The fourth-order valence-corrected chi connectivity index (χ4v) is 2.83. The molecule has 0 unspecified atom stereocenters. The number of halogens is 1. The molecule has 0 saturated heterocycles. The summed E-state index contributed by atoms with van der Waals surface area (Å²) in [5, 5.41) is 11.9. The number of thiophene rings is 1. The maximum atomic E-state index is 13.5. The smallest absolute Gasteiger partial charge is 0.261 e. The van der Waals surface area contributed by atoms with Gasteiger partial charge in [-0.2, -0.15) is 0 Å². The molecule has 5 heteroatoms. The second kappa shape index (κ2) is 6.63. The zero-order chi connectivity index (χ0) is 13.7. The Balaban J connectivity index is 1.96.